The van der Waals surface area contributed by atoms with Crippen molar-refractivity contribution in [2.75, 3.05) is 0 Å². The minimum absolute atomic E-state index is 0.216. The summed E-state index contributed by atoms with van der Waals surface area (Å²) in [5, 5.41) is 3.99. The molecule has 1 aliphatic heterocycles. The first kappa shape index (κ1) is 17.7. The first-order valence-corrected chi connectivity index (χ1v) is 9.61. The van der Waals surface area contributed by atoms with Gasteiger partial charge in [0.25, 0.3) is 5.56 Å². The standard InChI is InChI=1S/C17H12ClN3O5S/c18-12-7-6-11-13(20-26-27(23,24)25)8-9-21-15(11)14(12)17(22)19-16(21)10-4-2-1-3-5-10/h1-7H,8-9H2,(H,23,24,25)/b20-13-. The van der Waals surface area contributed by atoms with Crippen LogP contribution in [0.3, 0.4) is 0 Å². The zero-order chi connectivity index (χ0) is 19.2. The van der Waals surface area contributed by atoms with Crippen molar-refractivity contribution in [3.8, 4) is 11.4 Å². The molecule has 0 unspecified atom stereocenters. The van der Waals surface area contributed by atoms with E-state index in [1.807, 2.05) is 34.9 Å². The Morgan fingerprint density at radius 2 is 1.93 bits per heavy atom. The molecule has 10 heteroatoms. The van der Waals surface area contributed by atoms with Crippen molar-refractivity contribution < 1.29 is 17.3 Å². The van der Waals surface area contributed by atoms with Gasteiger partial charge >= 0.3 is 10.4 Å². The van der Waals surface area contributed by atoms with Crippen molar-refractivity contribution in [3.05, 3.63) is 63.4 Å². The number of oxime groups is 1. The third kappa shape index (κ3) is 3.20. The summed E-state index contributed by atoms with van der Waals surface area (Å²) in [6.45, 7) is 0.370. The van der Waals surface area contributed by atoms with Gasteiger partial charge in [-0.3, -0.25) is 9.35 Å². The highest BCUT2D eigenvalue weighted by molar-refractivity contribution is 7.80. The lowest BCUT2D eigenvalue weighted by Crippen LogP contribution is -2.24. The van der Waals surface area contributed by atoms with Gasteiger partial charge in [-0.1, -0.05) is 47.1 Å². The molecule has 0 fully saturated rings. The van der Waals surface area contributed by atoms with Gasteiger partial charge in [0.2, 0.25) is 0 Å². The molecule has 8 nitrogen and oxygen atoms in total. The molecule has 27 heavy (non-hydrogen) atoms. The molecule has 0 spiro atoms. The first-order chi connectivity index (χ1) is 12.8. The number of hydrogen-bond acceptors (Lipinski definition) is 6. The van der Waals surface area contributed by atoms with Crippen LogP contribution < -0.4 is 5.56 Å². The van der Waals surface area contributed by atoms with Gasteiger partial charge in [-0.25, -0.2) is 4.28 Å². The molecule has 0 atom stereocenters. The van der Waals surface area contributed by atoms with Crippen molar-refractivity contribution >= 4 is 38.6 Å². The smallest absolute Gasteiger partial charge is 0.324 e. The summed E-state index contributed by atoms with van der Waals surface area (Å²) in [5.74, 6) is 0.478. The maximum Gasteiger partial charge on any atom is 0.466 e. The van der Waals surface area contributed by atoms with Crippen LogP contribution >= 0.6 is 11.6 Å². The van der Waals surface area contributed by atoms with Crippen LogP contribution in [0.4, 0.5) is 0 Å². The van der Waals surface area contributed by atoms with Gasteiger partial charge in [-0.05, 0) is 12.1 Å². The fraction of sp³-hybridized carbons (Fsp3) is 0.118. The zero-order valence-electron chi connectivity index (χ0n) is 13.7. The third-order valence-corrected chi connectivity index (χ3v) is 4.81. The van der Waals surface area contributed by atoms with Crippen LogP contribution in [0, 0.1) is 0 Å². The number of hydrogen-bond donors (Lipinski definition) is 1. The van der Waals surface area contributed by atoms with Gasteiger partial charge < -0.3 is 4.57 Å². The van der Waals surface area contributed by atoms with E-state index in [0.29, 0.717) is 29.9 Å². The molecule has 2 heterocycles. The molecule has 1 aromatic heterocycles. The summed E-state index contributed by atoms with van der Waals surface area (Å²) >= 11 is 6.22. The van der Waals surface area contributed by atoms with Crippen LogP contribution in [0.5, 0.6) is 0 Å². The summed E-state index contributed by atoms with van der Waals surface area (Å²) in [6, 6.07) is 12.4. The number of rotatable bonds is 3. The average Bonchev–Trinajstić information content (AvgIpc) is 2.64. The molecule has 0 saturated carbocycles. The van der Waals surface area contributed by atoms with E-state index >= 15 is 0 Å². The Labute approximate surface area is 158 Å². The fourth-order valence-electron chi connectivity index (χ4n) is 3.17. The highest BCUT2D eigenvalue weighted by atomic mass is 35.5. The largest absolute Gasteiger partial charge is 0.466 e. The molecule has 2 aromatic carbocycles. The monoisotopic (exact) mass is 405 g/mol. The van der Waals surface area contributed by atoms with Crippen LogP contribution in [-0.4, -0.2) is 28.2 Å². The van der Waals surface area contributed by atoms with Crippen molar-refractivity contribution in [2.24, 2.45) is 5.16 Å². The summed E-state index contributed by atoms with van der Waals surface area (Å²) in [6.07, 6.45) is 0.309. The van der Waals surface area contributed by atoms with Gasteiger partial charge in [0.15, 0.2) is 0 Å². The Bertz CT molecular complexity index is 1250. The maximum absolute atomic E-state index is 12.6. The predicted octanol–water partition coefficient (Wildman–Crippen LogP) is 2.64. The van der Waals surface area contributed by atoms with Crippen molar-refractivity contribution in [1.29, 1.82) is 0 Å². The highest BCUT2D eigenvalue weighted by Crippen LogP contribution is 2.31. The van der Waals surface area contributed by atoms with E-state index in [4.69, 9.17) is 16.2 Å². The van der Waals surface area contributed by atoms with Gasteiger partial charge in [0.05, 0.1) is 21.6 Å². The second-order valence-corrected chi connectivity index (χ2v) is 7.28. The van der Waals surface area contributed by atoms with Crippen LogP contribution in [0.1, 0.15) is 12.0 Å². The molecule has 0 saturated heterocycles. The number of aryl methyl sites for hydroxylation is 1. The second kappa shape index (κ2) is 6.45. The molecule has 0 aliphatic carbocycles. The van der Waals surface area contributed by atoms with E-state index in [1.54, 1.807) is 6.07 Å². The number of benzene rings is 2. The van der Waals surface area contributed by atoms with E-state index in [1.165, 1.54) is 6.07 Å². The lowest BCUT2D eigenvalue weighted by molar-refractivity contribution is 0.281. The zero-order valence-corrected chi connectivity index (χ0v) is 15.2. The molecule has 0 radical (unpaired) electrons. The van der Waals surface area contributed by atoms with Crippen molar-refractivity contribution in [2.45, 2.75) is 13.0 Å². The van der Waals surface area contributed by atoms with Crippen LogP contribution in [0.2, 0.25) is 5.02 Å². The highest BCUT2D eigenvalue weighted by Gasteiger charge is 2.25. The summed E-state index contributed by atoms with van der Waals surface area (Å²) in [4.78, 5) is 16.9. The lowest BCUT2D eigenvalue weighted by Gasteiger charge is -2.23. The quantitative estimate of drug-likeness (QED) is 0.529. The Kier molecular flexibility index (Phi) is 4.22. The van der Waals surface area contributed by atoms with Crippen molar-refractivity contribution in [3.63, 3.8) is 0 Å². The Morgan fingerprint density at radius 3 is 2.63 bits per heavy atom. The molecular formula is C17H12ClN3O5S. The first-order valence-electron chi connectivity index (χ1n) is 7.87. The average molecular weight is 406 g/mol. The summed E-state index contributed by atoms with van der Waals surface area (Å²) < 4.78 is 36.5. The van der Waals surface area contributed by atoms with E-state index in [2.05, 4.69) is 14.4 Å². The molecular weight excluding hydrogens is 394 g/mol. The van der Waals surface area contributed by atoms with E-state index in [0.717, 1.165) is 5.56 Å². The topological polar surface area (TPSA) is 111 Å². The van der Waals surface area contributed by atoms with Gasteiger partial charge in [-0.15, -0.1) is 0 Å². The number of aromatic nitrogens is 2. The molecule has 1 N–H and O–H groups in total. The Morgan fingerprint density at radius 1 is 1.19 bits per heavy atom. The minimum atomic E-state index is -4.73. The van der Waals surface area contributed by atoms with Gasteiger partial charge in [0.1, 0.15) is 5.82 Å². The number of halogens is 1. The van der Waals surface area contributed by atoms with Crippen LogP contribution in [-0.2, 0) is 21.2 Å². The molecule has 4 rings (SSSR count). The molecule has 0 bridgehead atoms. The lowest BCUT2D eigenvalue weighted by atomic mass is 9.99. The van der Waals surface area contributed by atoms with Crippen LogP contribution in [0.25, 0.3) is 22.3 Å². The van der Waals surface area contributed by atoms with E-state index < -0.39 is 16.0 Å². The maximum atomic E-state index is 12.6. The molecule has 3 aromatic rings. The van der Waals surface area contributed by atoms with E-state index in [-0.39, 0.29) is 16.1 Å². The number of nitrogens with zero attached hydrogens (tertiary/aromatic N) is 3. The Balaban J connectivity index is 2.04. The van der Waals surface area contributed by atoms with Gasteiger partial charge in [0, 0.05) is 24.1 Å². The van der Waals surface area contributed by atoms with Crippen LogP contribution in [0.15, 0.2) is 52.4 Å². The Hall–Kier alpha value is -2.75. The van der Waals surface area contributed by atoms with Crippen molar-refractivity contribution in [1.82, 2.24) is 9.55 Å². The minimum Gasteiger partial charge on any atom is -0.324 e. The molecule has 1 aliphatic rings. The molecule has 0 amide bonds. The normalized spacial score (nSPS) is 15.3. The summed E-state index contributed by atoms with van der Waals surface area (Å²) in [5.41, 5.74) is 1.52. The fourth-order valence-corrected chi connectivity index (χ4v) is 3.58. The second-order valence-electron chi connectivity index (χ2n) is 5.87. The third-order valence-electron chi connectivity index (χ3n) is 4.23. The predicted molar refractivity (Wildman–Crippen MR) is 100 cm³/mol. The SMILES string of the molecule is O=c1nc(-c2ccccc2)n2c3c(ccc(Cl)c13)/C(=N\OS(=O)(=O)O)CC2. The van der Waals surface area contributed by atoms with E-state index in [9.17, 15) is 13.2 Å². The summed E-state index contributed by atoms with van der Waals surface area (Å²) in [7, 11) is -4.73. The van der Waals surface area contributed by atoms with Gasteiger partial charge in [-0.2, -0.15) is 13.4 Å². The molecule has 138 valence electrons.